The summed E-state index contributed by atoms with van der Waals surface area (Å²) in [5.41, 5.74) is 4.32. The van der Waals surface area contributed by atoms with Crippen LogP contribution in [-0.4, -0.2) is 63.2 Å². The summed E-state index contributed by atoms with van der Waals surface area (Å²) >= 11 is 0. The quantitative estimate of drug-likeness (QED) is 0.463. The van der Waals surface area contributed by atoms with Gasteiger partial charge in [-0.1, -0.05) is 30.3 Å². The molecule has 1 aromatic heterocycles. The first-order valence-electron chi connectivity index (χ1n) is 11.7. The lowest BCUT2D eigenvalue weighted by Gasteiger charge is -2.24. The number of aliphatic imine (C=N–C) groups is 1. The van der Waals surface area contributed by atoms with Crippen LogP contribution in [-0.2, 0) is 23.1 Å². The first-order chi connectivity index (χ1) is 16.2. The summed E-state index contributed by atoms with van der Waals surface area (Å²) < 4.78 is 5.20. The predicted molar refractivity (Wildman–Crippen MR) is 133 cm³/mol. The summed E-state index contributed by atoms with van der Waals surface area (Å²) in [6, 6.07) is 8.23. The Labute approximate surface area is 201 Å². The molecule has 8 nitrogen and oxygen atoms in total. The van der Waals surface area contributed by atoms with Crippen molar-refractivity contribution in [3.05, 3.63) is 59.8 Å². The Balaban J connectivity index is 1.46. The molecule has 2 fully saturated rings. The van der Waals surface area contributed by atoms with Crippen LogP contribution in [0.2, 0.25) is 0 Å². The summed E-state index contributed by atoms with van der Waals surface area (Å²) in [4.78, 5) is 23.8. The third-order valence-corrected chi connectivity index (χ3v) is 6.78. The van der Waals surface area contributed by atoms with Gasteiger partial charge in [-0.15, -0.1) is 0 Å². The number of aromatic nitrogens is 3. The van der Waals surface area contributed by atoms with Gasteiger partial charge < -0.3 is 14.5 Å². The van der Waals surface area contributed by atoms with Crippen LogP contribution in [0.25, 0.3) is 11.3 Å². The Bertz CT molecular complexity index is 1160. The zero-order valence-electron chi connectivity index (χ0n) is 20.8. The number of nitrogens with zero attached hydrogens (tertiary/aromatic N) is 6. The molecule has 1 spiro atoms. The second-order valence-corrected chi connectivity index (χ2v) is 9.41. The number of aryl methyl sites for hydroxylation is 2. The maximum atomic E-state index is 13.6. The van der Waals surface area contributed by atoms with E-state index in [9.17, 15) is 4.79 Å². The van der Waals surface area contributed by atoms with E-state index in [1.807, 2.05) is 44.0 Å². The van der Waals surface area contributed by atoms with Crippen LogP contribution in [0.3, 0.4) is 0 Å². The number of rotatable bonds is 7. The van der Waals surface area contributed by atoms with E-state index < -0.39 is 0 Å². The van der Waals surface area contributed by atoms with Gasteiger partial charge in [0.25, 0.3) is 0 Å². The number of carbonyl (C=O) groups is 1. The van der Waals surface area contributed by atoms with Crippen molar-refractivity contribution in [3.63, 3.8) is 0 Å². The number of amides is 1. The molecule has 180 valence electrons. The van der Waals surface area contributed by atoms with Crippen LogP contribution < -0.4 is 0 Å². The van der Waals surface area contributed by atoms with Gasteiger partial charge in [0.15, 0.2) is 0 Å². The van der Waals surface area contributed by atoms with Crippen molar-refractivity contribution in [1.82, 2.24) is 24.8 Å². The van der Waals surface area contributed by atoms with Crippen LogP contribution >= 0.6 is 0 Å². The maximum Gasteiger partial charge on any atom is 0.231 e. The van der Waals surface area contributed by atoms with E-state index in [-0.39, 0.29) is 11.3 Å². The number of benzene rings is 1. The molecule has 0 saturated carbocycles. The second kappa shape index (κ2) is 9.44. The molecule has 3 heterocycles. The fraction of sp³-hybridized carbons (Fsp3) is 0.462. The molecule has 2 aromatic rings. The highest BCUT2D eigenvalue weighted by Gasteiger charge is 2.51. The number of allylic oxidation sites excluding steroid dienone is 2. The number of methoxy groups -OCH3 is 1. The van der Waals surface area contributed by atoms with Crippen LogP contribution in [0.1, 0.15) is 37.9 Å². The monoisotopic (exact) mass is 462 g/mol. The lowest BCUT2D eigenvalue weighted by Crippen LogP contribution is -2.36. The Kier molecular flexibility index (Phi) is 6.59. The summed E-state index contributed by atoms with van der Waals surface area (Å²) in [5, 5.41) is 9.18. The number of likely N-dealkylation sites (tertiary alicyclic amines) is 2. The van der Waals surface area contributed by atoms with Crippen molar-refractivity contribution in [1.29, 1.82) is 0 Å². The van der Waals surface area contributed by atoms with Gasteiger partial charge in [-0.05, 0) is 45.8 Å². The highest BCUT2D eigenvalue weighted by Crippen LogP contribution is 2.42. The lowest BCUT2D eigenvalue weighted by atomic mass is 9.85. The fourth-order valence-electron chi connectivity index (χ4n) is 4.93. The third kappa shape index (κ3) is 4.76. The SMILES string of the molecule is C=C(/N=C(C)\C=C(/C)OC)N1CCC2(CCN(Cc3nn(C)nc3-c3cccc(C)c3)C2=O)C1. The van der Waals surface area contributed by atoms with E-state index in [2.05, 4.69) is 45.7 Å². The van der Waals surface area contributed by atoms with Gasteiger partial charge in [0, 0.05) is 38.0 Å². The zero-order valence-corrected chi connectivity index (χ0v) is 20.8. The molecule has 0 bridgehead atoms. The molecule has 34 heavy (non-hydrogen) atoms. The molecule has 8 heteroatoms. The van der Waals surface area contributed by atoms with Crippen molar-refractivity contribution in [2.75, 3.05) is 26.7 Å². The molecule has 2 saturated heterocycles. The second-order valence-electron chi connectivity index (χ2n) is 9.41. The summed E-state index contributed by atoms with van der Waals surface area (Å²) in [7, 11) is 3.46. The van der Waals surface area contributed by atoms with Crippen molar-refractivity contribution >= 4 is 11.6 Å². The molecule has 4 rings (SSSR count). The molecule has 0 aliphatic carbocycles. The van der Waals surface area contributed by atoms with Crippen molar-refractivity contribution < 1.29 is 9.53 Å². The van der Waals surface area contributed by atoms with Gasteiger partial charge in [0.1, 0.15) is 17.2 Å². The first-order valence-corrected chi connectivity index (χ1v) is 11.7. The van der Waals surface area contributed by atoms with Gasteiger partial charge in [0.05, 0.1) is 24.8 Å². The minimum absolute atomic E-state index is 0.194. The van der Waals surface area contributed by atoms with Gasteiger partial charge in [-0.25, -0.2) is 4.99 Å². The normalized spacial score (nSPS) is 21.1. The predicted octanol–water partition coefficient (Wildman–Crippen LogP) is 3.70. The zero-order chi connectivity index (χ0) is 24.5. The molecular weight excluding hydrogens is 428 g/mol. The molecule has 1 unspecified atom stereocenters. The van der Waals surface area contributed by atoms with Crippen LogP contribution in [0, 0.1) is 12.3 Å². The number of hydrogen-bond donors (Lipinski definition) is 0. The van der Waals surface area contributed by atoms with E-state index in [4.69, 9.17) is 4.74 Å². The number of carbonyl (C=O) groups excluding carboxylic acids is 1. The minimum atomic E-state index is -0.379. The average molecular weight is 463 g/mol. The lowest BCUT2D eigenvalue weighted by molar-refractivity contribution is -0.136. The fourth-order valence-corrected chi connectivity index (χ4v) is 4.93. The Morgan fingerprint density at radius 2 is 2.03 bits per heavy atom. The molecular formula is C26H34N6O2. The number of ether oxygens (including phenoxy) is 1. The minimum Gasteiger partial charge on any atom is -0.501 e. The molecule has 2 aliphatic heterocycles. The van der Waals surface area contributed by atoms with Gasteiger partial charge in [-0.2, -0.15) is 15.0 Å². The third-order valence-electron chi connectivity index (χ3n) is 6.78. The van der Waals surface area contributed by atoms with Crippen molar-refractivity contribution in [2.24, 2.45) is 17.5 Å². The van der Waals surface area contributed by atoms with E-state index in [0.717, 1.165) is 54.4 Å². The van der Waals surface area contributed by atoms with Crippen molar-refractivity contribution in [3.8, 4) is 11.3 Å². The Morgan fingerprint density at radius 3 is 2.76 bits per heavy atom. The highest BCUT2D eigenvalue weighted by molar-refractivity contribution is 5.93. The highest BCUT2D eigenvalue weighted by atomic mass is 16.5. The number of hydrogen-bond acceptors (Lipinski definition) is 6. The van der Waals surface area contributed by atoms with Gasteiger partial charge in [-0.3, -0.25) is 4.79 Å². The van der Waals surface area contributed by atoms with Crippen LogP contribution in [0.5, 0.6) is 0 Å². The van der Waals surface area contributed by atoms with Gasteiger partial charge in [0.2, 0.25) is 5.91 Å². The maximum absolute atomic E-state index is 13.6. The average Bonchev–Trinajstić information content (AvgIpc) is 3.48. The first kappa shape index (κ1) is 23.7. The van der Waals surface area contributed by atoms with E-state index in [0.29, 0.717) is 18.9 Å². The standard InChI is InChI=1S/C26H34N6O2/c1-18-8-7-9-22(14-18)24-23(28-30(5)29-24)16-31-12-10-26(25(31)33)11-13-32(17-26)21(4)27-19(2)15-20(3)34-6/h7-9,14-15H,4,10-13,16-17H2,1-3,5-6H3/b20-15+,27-19-. The Morgan fingerprint density at radius 1 is 1.26 bits per heavy atom. The molecule has 2 aliphatic rings. The van der Waals surface area contributed by atoms with E-state index in [1.54, 1.807) is 11.9 Å². The summed E-state index contributed by atoms with van der Waals surface area (Å²) in [6.45, 7) is 12.7. The van der Waals surface area contributed by atoms with E-state index in [1.165, 1.54) is 5.56 Å². The largest absolute Gasteiger partial charge is 0.501 e. The molecule has 1 amide bonds. The summed E-state index contributed by atoms with van der Waals surface area (Å²) in [5.74, 6) is 1.68. The van der Waals surface area contributed by atoms with Crippen LogP contribution in [0.4, 0.5) is 0 Å². The Hall–Kier alpha value is -3.42. The molecule has 1 aromatic carbocycles. The smallest absolute Gasteiger partial charge is 0.231 e. The van der Waals surface area contributed by atoms with Crippen LogP contribution in [0.15, 0.2) is 53.5 Å². The van der Waals surface area contributed by atoms with Gasteiger partial charge >= 0.3 is 0 Å². The molecule has 0 N–H and O–H groups in total. The topological polar surface area (TPSA) is 75.8 Å². The summed E-state index contributed by atoms with van der Waals surface area (Å²) in [6.07, 6.45) is 3.53. The molecule has 0 radical (unpaired) electrons. The molecule has 1 atom stereocenters. The van der Waals surface area contributed by atoms with Crippen molar-refractivity contribution in [2.45, 2.75) is 40.2 Å². The van der Waals surface area contributed by atoms with E-state index >= 15 is 0 Å².